The summed E-state index contributed by atoms with van der Waals surface area (Å²) in [6.45, 7) is 9.84. The van der Waals surface area contributed by atoms with E-state index in [1.807, 2.05) is 0 Å². The first-order valence-electron chi connectivity index (χ1n) is 3.92. The van der Waals surface area contributed by atoms with Crippen LogP contribution in [0.1, 0.15) is 6.42 Å². The first-order valence-corrected chi connectivity index (χ1v) is 3.92. The molecule has 0 atom stereocenters. The molecule has 2 heteroatoms. The lowest BCUT2D eigenvalue weighted by molar-refractivity contribution is 0.0390. The Kier molecular flexibility index (Phi) is 4.03. The van der Waals surface area contributed by atoms with E-state index in [1.54, 1.807) is 0 Å². The van der Waals surface area contributed by atoms with E-state index in [4.69, 9.17) is 11.7 Å². The van der Waals surface area contributed by atoms with Gasteiger partial charge in [-0.3, -0.25) is 4.90 Å². The predicted molar refractivity (Wildman–Crippen MR) is 44.0 cm³/mol. The molecule has 60 valence electrons. The highest BCUT2D eigenvalue weighted by Crippen LogP contribution is 1.96. The second kappa shape index (κ2) is 5.17. The monoisotopic (exact) mass is 151 g/mol. The summed E-state index contributed by atoms with van der Waals surface area (Å²) in [5.74, 6) is 5.24. The summed E-state index contributed by atoms with van der Waals surface area (Å²) in [5.41, 5.74) is 0. The highest BCUT2D eigenvalue weighted by molar-refractivity contribution is 5.01. The fraction of sp³-hybridized carbons (Fsp3) is 0.667. The van der Waals surface area contributed by atoms with Gasteiger partial charge in [-0.05, 0) is 0 Å². The Morgan fingerprint density at radius 3 is 2.73 bits per heavy atom. The van der Waals surface area contributed by atoms with Crippen LogP contribution >= 0.6 is 0 Å². The van der Waals surface area contributed by atoms with Gasteiger partial charge in [0.05, 0.1) is 20.1 Å². The molecule has 0 bridgehead atoms. The smallest absolute Gasteiger partial charge is 0.0594 e. The predicted octanol–water partition coefficient (Wildman–Crippen LogP) is 0.423. The van der Waals surface area contributed by atoms with Crippen LogP contribution in [0.25, 0.3) is 0 Å². The number of nitrogens with zero attached hydrogens (tertiary/aromatic N) is 1. The van der Waals surface area contributed by atoms with E-state index >= 15 is 0 Å². The number of morpholine rings is 1. The summed E-state index contributed by atoms with van der Waals surface area (Å²) in [6, 6.07) is 0. The maximum absolute atomic E-state index is 5.20. The van der Waals surface area contributed by atoms with Crippen molar-refractivity contribution in [3.63, 3.8) is 0 Å². The van der Waals surface area contributed by atoms with Gasteiger partial charge in [0.2, 0.25) is 0 Å². The van der Waals surface area contributed by atoms with Crippen LogP contribution in [0.2, 0.25) is 0 Å². The molecule has 2 radical (unpaired) electrons. The van der Waals surface area contributed by atoms with E-state index in [2.05, 4.69) is 16.7 Å². The molecular formula is C9H13NO. The second-order valence-corrected chi connectivity index (χ2v) is 2.53. The molecule has 0 spiro atoms. The summed E-state index contributed by atoms with van der Waals surface area (Å²) in [6.07, 6.45) is 0.872. The van der Waals surface area contributed by atoms with Crippen LogP contribution in [-0.4, -0.2) is 37.7 Å². The molecule has 1 heterocycles. The highest BCUT2D eigenvalue weighted by Gasteiger charge is 2.07. The molecule has 1 aliphatic heterocycles. The third kappa shape index (κ3) is 3.41. The van der Waals surface area contributed by atoms with Crippen LogP contribution in [0.3, 0.4) is 0 Å². The van der Waals surface area contributed by atoms with Gasteiger partial charge in [-0.2, -0.15) is 0 Å². The van der Waals surface area contributed by atoms with Crippen LogP contribution in [0.4, 0.5) is 0 Å². The quantitative estimate of drug-likeness (QED) is 0.530. The molecular weight excluding hydrogens is 138 g/mol. The second-order valence-electron chi connectivity index (χ2n) is 2.53. The molecule has 0 N–H and O–H groups in total. The Bertz CT molecular complexity index is 151. The molecule has 0 aliphatic carbocycles. The number of hydrogen-bond donors (Lipinski definition) is 0. The zero-order valence-corrected chi connectivity index (χ0v) is 6.68. The molecule has 0 aromatic heterocycles. The lowest BCUT2D eigenvalue weighted by Gasteiger charge is -2.25. The summed E-state index contributed by atoms with van der Waals surface area (Å²) in [7, 11) is 0. The van der Waals surface area contributed by atoms with E-state index in [0.717, 1.165) is 39.3 Å². The fourth-order valence-electron chi connectivity index (χ4n) is 1.11. The molecule has 0 unspecified atom stereocenters. The third-order valence-corrected chi connectivity index (χ3v) is 1.76. The van der Waals surface area contributed by atoms with Gasteiger partial charge in [0, 0.05) is 26.1 Å². The van der Waals surface area contributed by atoms with Crippen LogP contribution < -0.4 is 0 Å². The average molecular weight is 151 g/mol. The van der Waals surface area contributed by atoms with Gasteiger partial charge < -0.3 is 4.74 Å². The van der Waals surface area contributed by atoms with Crippen molar-refractivity contribution >= 4 is 0 Å². The molecule has 0 saturated carbocycles. The number of hydrogen-bond acceptors (Lipinski definition) is 2. The molecule has 1 fully saturated rings. The molecule has 0 amide bonds. The largest absolute Gasteiger partial charge is 0.379 e. The first-order chi connectivity index (χ1) is 5.43. The van der Waals surface area contributed by atoms with Crippen molar-refractivity contribution in [2.75, 3.05) is 32.8 Å². The summed E-state index contributed by atoms with van der Waals surface area (Å²) in [5, 5.41) is 0. The van der Waals surface area contributed by atoms with Crippen molar-refractivity contribution in [2.24, 2.45) is 0 Å². The van der Waals surface area contributed by atoms with E-state index in [9.17, 15) is 0 Å². The SMILES string of the molecule is [CH]C#CCCN1CCOCC1. The Labute approximate surface area is 68.5 Å². The summed E-state index contributed by atoms with van der Waals surface area (Å²) >= 11 is 0. The standard InChI is InChI=1S/C9H13NO/c1-2-3-4-5-10-6-8-11-9-7-10/h1H,4-9H2. The highest BCUT2D eigenvalue weighted by atomic mass is 16.5. The Morgan fingerprint density at radius 1 is 1.36 bits per heavy atom. The molecule has 2 nitrogen and oxygen atoms in total. The van der Waals surface area contributed by atoms with Crippen molar-refractivity contribution in [3.05, 3.63) is 6.92 Å². The Balaban J connectivity index is 2.08. The maximum Gasteiger partial charge on any atom is 0.0594 e. The topological polar surface area (TPSA) is 12.5 Å². The van der Waals surface area contributed by atoms with Gasteiger partial charge in [0.15, 0.2) is 0 Å². The van der Waals surface area contributed by atoms with Crippen molar-refractivity contribution in [3.8, 4) is 11.8 Å². The third-order valence-electron chi connectivity index (χ3n) is 1.76. The minimum atomic E-state index is 0.857. The number of rotatable bonds is 2. The van der Waals surface area contributed by atoms with Crippen molar-refractivity contribution in [1.29, 1.82) is 0 Å². The van der Waals surface area contributed by atoms with Crippen LogP contribution in [0.15, 0.2) is 0 Å². The Hall–Kier alpha value is -0.520. The minimum absolute atomic E-state index is 0.857. The lowest BCUT2D eigenvalue weighted by atomic mass is 10.3. The zero-order chi connectivity index (χ0) is 7.94. The summed E-state index contributed by atoms with van der Waals surface area (Å²) < 4.78 is 5.20. The van der Waals surface area contributed by atoms with Gasteiger partial charge in [-0.25, -0.2) is 0 Å². The van der Waals surface area contributed by atoms with Gasteiger partial charge >= 0.3 is 0 Å². The molecule has 11 heavy (non-hydrogen) atoms. The average Bonchev–Trinajstić information content (AvgIpc) is 2.07. The summed E-state index contributed by atoms with van der Waals surface area (Å²) in [4.78, 5) is 2.34. The minimum Gasteiger partial charge on any atom is -0.379 e. The molecule has 0 aromatic carbocycles. The van der Waals surface area contributed by atoms with Gasteiger partial charge in [-0.1, -0.05) is 5.92 Å². The lowest BCUT2D eigenvalue weighted by Crippen LogP contribution is -2.36. The van der Waals surface area contributed by atoms with E-state index in [0.29, 0.717) is 0 Å². The van der Waals surface area contributed by atoms with Crippen LogP contribution in [0, 0.1) is 18.8 Å². The molecule has 0 aromatic rings. The van der Waals surface area contributed by atoms with Crippen molar-refractivity contribution in [2.45, 2.75) is 6.42 Å². The maximum atomic E-state index is 5.20. The van der Waals surface area contributed by atoms with E-state index in [1.165, 1.54) is 0 Å². The first kappa shape index (κ1) is 8.58. The van der Waals surface area contributed by atoms with Gasteiger partial charge in [-0.15, -0.1) is 5.92 Å². The van der Waals surface area contributed by atoms with E-state index in [-0.39, 0.29) is 0 Å². The fourth-order valence-corrected chi connectivity index (χ4v) is 1.11. The number of ether oxygens (including phenoxy) is 1. The molecule has 1 aliphatic rings. The van der Waals surface area contributed by atoms with Crippen molar-refractivity contribution in [1.82, 2.24) is 4.90 Å². The molecule has 1 rings (SSSR count). The van der Waals surface area contributed by atoms with Crippen LogP contribution in [0.5, 0.6) is 0 Å². The normalized spacial score (nSPS) is 19.0. The molecule has 1 saturated heterocycles. The van der Waals surface area contributed by atoms with E-state index < -0.39 is 0 Å². The van der Waals surface area contributed by atoms with Crippen LogP contribution in [-0.2, 0) is 4.74 Å². The van der Waals surface area contributed by atoms with Gasteiger partial charge in [0.1, 0.15) is 0 Å². The zero-order valence-electron chi connectivity index (χ0n) is 6.68. The Morgan fingerprint density at radius 2 is 2.09 bits per heavy atom. The van der Waals surface area contributed by atoms with Gasteiger partial charge in [0.25, 0.3) is 0 Å². The van der Waals surface area contributed by atoms with Crippen molar-refractivity contribution < 1.29 is 4.74 Å².